The van der Waals surface area contributed by atoms with Crippen LogP contribution in [-0.2, 0) is 6.54 Å². The number of hydrogen-bond acceptors (Lipinski definition) is 2. The van der Waals surface area contributed by atoms with E-state index in [1.165, 1.54) is 0 Å². The van der Waals surface area contributed by atoms with Crippen molar-refractivity contribution in [3.05, 3.63) is 22.6 Å². The molecule has 1 aromatic rings. The molecule has 4 heteroatoms. The van der Waals surface area contributed by atoms with E-state index in [1.807, 2.05) is 13.1 Å². The Hall–Kier alpha value is 0.01000. The van der Waals surface area contributed by atoms with E-state index in [0.717, 1.165) is 16.8 Å². The number of furan rings is 1. The molecule has 0 unspecified atom stereocenters. The lowest BCUT2D eigenvalue weighted by Gasteiger charge is -1.89. The van der Waals surface area contributed by atoms with Crippen LogP contribution in [0.2, 0.25) is 0 Å². The molecule has 0 atom stereocenters. The van der Waals surface area contributed by atoms with Gasteiger partial charge in [0, 0.05) is 0 Å². The fourth-order valence-corrected chi connectivity index (χ4v) is 0.970. The SMILES string of the molecule is CNCc1cc(Br)co1.Cl. The summed E-state index contributed by atoms with van der Waals surface area (Å²) >= 11 is 3.28. The van der Waals surface area contributed by atoms with Gasteiger partial charge in [-0.2, -0.15) is 0 Å². The molecule has 1 rings (SSSR count). The quantitative estimate of drug-likeness (QED) is 0.836. The first-order chi connectivity index (χ1) is 4.33. The molecule has 0 aromatic carbocycles. The second kappa shape index (κ2) is 4.77. The molecule has 58 valence electrons. The predicted molar refractivity (Wildman–Crippen MR) is 46.4 cm³/mol. The van der Waals surface area contributed by atoms with Crippen LogP contribution < -0.4 is 5.32 Å². The van der Waals surface area contributed by atoms with Crippen LogP contribution in [0.1, 0.15) is 5.76 Å². The van der Waals surface area contributed by atoms with Crippen LogP contribution in [0.15, 0.2) is 21.2 Å². The van der Waals surface area contributed by atoms with E-state index in [9.17, 15) is 0 Å². The summed E-state index contributed by atoms with van der Waals surface area (Å²) in [6.07, 6.45) is 1.67. The number of hydrogen-bond donors (Lipinski definition) is 1. The van der Waals surface area contributed by atoms with Crippen molar-refractivity contribution >= 4 is 28.3 Å². The number of rotatable bonds is 2. The zero-order chi connectivity index (χ0) is 6.69. The van der Waals surface area contributed by atoms with Crippen LogP contribution in [0.25, 0.3) is 0 Å². The Morgan fingerprint density at radius 3 is 2.80 bits per heavy atom. The maximum atomic E-state index is 5.10. The molecule has 0 amide bonds. The van der Waals surface area contributed by atoms with E-state index in [1.54, 1.807) is 6.26 Å². The van der Waals surface area contributed by atoms with Gasteiger partial charge in [0.1, 0.15) is 12.0 Å². The minimum Gasteiger partial charge on any atom is -0.467 e. The summed E-state index contributed by atoms with van der Waals surface area (Å²) in [6, 6.07) is 1.94. The summed E-state index contributed by atoms with van der Waals surface area (Å²) in [5, 5.41) is 2.98. The topological polar surface area (TPSA) is 25.2 Å². The van der Waals surface area contributed by atoms with Crippen molar-refractivity contribution in [1.29, 1.82) is 0 Å². The zero-order valence-electron chi connectivity index (χ0n) is 5.56. The molecule has 0 saturated carbocycles. The first kappa shape index (κ1) is 10.0. The number of nitrogens with one attached hydrogen (secondary N) is 1. The first-order valence-electron chi connectivity index (χ1n) is 2.70. The normalized spacial score (nSPS) is 9.00. The van der Waals surface area contributed by atoms with Crippen LogP contribution in [0.4, 0.5) is 0 Å². The molecule has 0 fully saturated rings. The highest BCUT2D eigenvalue weighted by Gasteiger charge is 1.94. The molecule has 0 aliphatic carbocycles. The Kier molecular flexibility index (Phi) is 4.77. The van der Waals surface area contributed by atoms with Crippen molar-refractivity contribution in [2.45, 2.75) is 6.54 Å². The standard InChI is InChI=1S/C6H8BrNO.ClH/c1-8-3-6-2-5(7)4-9-6;/h2,4,8H,3H2,1H3;1H. The molecule has 1 N–H and O–H groups in total. The monoisotopic (exact) mass is 225 g/mol. The average molecular weight is 227 g/mol. The molecule has 1 aromatic heterocycles. The highest BCUT2D eigenvalue weighted by molar-refractivity contribution is 9.10. The van der Waals surface area contributed by atoms with E-state index in [2.05, 4.69) is 21.2 Å². The summed E-state index contributed by atoms with van der Waals surface area (Å²) in [5.41, 5.74) is 0. The highest BCUT2D eigenvalue weighted by Crippen LogP contribution is 2.13. The maximum absolute atomic E-state index is 5.10. The molecule has 1 heterocycles. The van der Waals surface area contributed by atoms with Gasteiger partial charge in [-0.25, -0.2) is 0 Å². The molecule has 0 spiro atoms. The zero-order valence-corrected chi connectivity index (χ0v) is 7.96. The minimum atomic E-state index is 0. The smallest absolute Gasteiger partial charge is 0.118 e. The van der Waals surface area contributed by atoms with Crippen LogP contribution in [0.3, 0.4) is 0 Å². The molecule has 10 heavy (non-hydrogen) atoms. The van der Waals surface area contributed by atoms with Crippen molar-refractivity contribution in [2.75, 3.05) is 7.05 Å². The van der Waals surface area contributed by atoms with Crippen molar-refractivity contribution in [3.63, 3.8) is 0 Å². The Balaban J connectivity index is 0.000000810. The first-order valence-corrected chi connectivity index (χ1v) is 3.49. The maximum Gasteiger partial charge on any atom is 0.118 e. The van der Waals surface area contributed by atoms with E-state index >= 15 is 0 Å². The predicted octanol–water partition coefficient (Wildman–Crippen LogP) is 2.18. The average Bonchev–Trinajstić information content (AvgIpc) is 2.17. The Labute approximate surface area is 74.5 Å². The highest BCUT2D eigenvalue weighted by atomic mass is 79.9. The number of halogens is 2. The molecule has 0 saturated heterocycles. The van der Waals surface area contributed by atoms with Gasteiger partial charge in [0.05, 0.1) is 11.0 Å². The summed E-state index contributed by atoms with van der Waals surface area (Å²) in [5.74, 6) is 0.948. The van der Waals surface area contributed by atoms with Gasteiger partial charge in [0.15, 0.2) is 0 Å². The van der Waals surface area contributed by atoms with Gasteiger partial charge in [-0.05, 0) is 29.0 Å². The largest absolute Gasteiger partial charge is 0.467 e. The lowest BCUT2D eigenvalue weighted by molar-refractivity contribution is 0.494. The molecule has 0 aliphatic rings. The molecular formula is C6H9BrClNO. The lowest BCUT2D eigenvalue weighted by atomic mass is 10.4. The van der Waals surface area contributed by atoms with Gasteiger partial charge >= 0.3 is 0 Å². The third-order valence-electron chi connectivity index (χ3n) is 0.973. The van der Waals surface area contributed by atoms with Gasteiger partial charge in [0.2, 0.25) is 0 Å². The molecule has 0 radical (unpaired) electrons. The minimum absolute atomic E-state index is 0. The lowest BCUT2D eigenvalue weighted by Crippen LogP contribution is -2.03. The van der Waals surface area contributed by atoms with Crippen molar-refractivity contribution in [2.24, 2.45) is 0 Å². The second-order valence-electron chi connectivity index (χ2n) is 1.76. The van der Waals surface area contributed by atoms with Crippen LogP contribution in [-0.4, -0.2) is 7.05 Å². The van der Waals surface area contributed by atoms with Crippen molar-refractivity contribution in [1.82, 2.24) is 5.32 Å². The van der Waals surface area contributed by atoms with E-state index in [-0.39, 0.29) is 12.4 Å². The fraction of sp³-hybridized carbons (Fsp3) is 0.333. The van der Waals surface area contributed by atoms with E-state index in [4.69, 9.17) is 4.42 Å². The summed E-state index contributed by atoms with van der Waals surface area (Å²) in [6.45, 7) is 0.783. The van der Waals surface area contributed by atoms with E-state index in [0.29, 0.717) is 0 Å². The molecule has 0 aliphatic heterocycles. The Morgan fingerprint density at radius 2 is 2.40 bits per heavy atom. The van der Waals surface area contributed by atoms with Crippen LogP contribution in [0, 0.1) is 0 Å². The van der Waals surface area contributed by atoms with Gasteiger partial charge in [-0.3, -0.25) is 0 Å². The van der Waals surface area contributed by atoms with Crippen molar-refractivity contribution < 1.29 is 4.42 Å². The summed E-state index contributed by atoms with van der Waals surface area (Å²) in [4.78, 5) is 0. The van der Waals surface area contributed by atoms with Crippen LogP contribution >= 0.6 is 28.3 Å². The van der Waals surface area contributed by atoms with Gasteiger partial charge in [-0.15, -0.1) is 12.4 Å². The Bertz CT molecular complexity index is 190. The molecular weight excluding hydrogens is 217 g/mol. The van der Waals surface area contributed by atoms with E-state index < -0.39 is 0 Å². The van der Waals surface area contributed by atoms with Gasteiger partial charge in [0.25, 0.3) is 0 Å². The van der Waals surface area contributed by atoms with Crippen LogP contribution in [0.5, 0.6) is 0 Å². The third kappa shape index (κ3) is 2.73. The van der Waals surface area contributed by atoms with Gasteiger partial charge < -0.3 is 9.73 Å². The van der Waals surface area contributed by atoms with Gasteiger partial charge in [-0.1, -0.05) is 0 Å². The summed E-state index contributed by atoms with van der Waals surface area (Å²) in [7, 11) is 1.89. The molecule has 2 nitrogen and oxygen atoms in total. The fourth-order valence-electron chi connectivity index (χ4n) is 0.621. The third-order valence-corrected chi connectivity index (χ3v) is 1.39. The second-order valence-corrected chi connectivity index (χ2v) is 2.68. The Morgan fingerprint density at radius 1 is 1.70 bits per heavy atom. The molecule has 0 bridgehead atoms. The van der Waals surface area contributed by atoms with Crippen molar-refractivity contribution in [3.8, 4) is 0 Å². The summed E-state index contributed by atoms with van der Waals surface area (Å²) < 4.78 is 6.09.